The molecule has 0 bridgehead atoms. The van der Waals surface area contributed by atoms with Gasteiger partial charge in [-0.3, -0.25) is 14.7 Å². The van der Waals surface area contributed by atoms with E-state index >= 15 is 0 Å². The van der Waals surface area contributed by atoms with Crippen LogP contribution < -0.4 is 5.32 Å². The normalized spacial score (nSPS) is 17.5. The minimum absolute atomic E-state index is 0.0879. The van der Waals surface area contributed by atoms with Crippen LogP contribution in [-0.4, -0.2) is 57.8 Å². The highest BCUT2D eigenvalue weighted by Crippen LogP contribution is 2.34. The summed E-state index contributed by atoms with van der Waals surface area (Å²) in [5.74, 6) is 1.55. The maximum absolute atomic E-state index is 12.1. The minimum atomic E-state index is 0.0879. The molecule has 0 spiro atoms. The van der Waals surface area contributed by atoms with Gasteiger partial charge >= 0.3 is 0 Å². The van der Waals surface area contributed by atoms with Crippen LogP contribution in [0.5, 0.6) is 0 Å². The largest absolute Gasteiger partial charge is 0.348 e. The summed E-state index contributed by atoms with van der Waals surface area (Å²) in [6, 6.07) is 5.91. The number of aryl methyl sites for hydroxylation is 1. The van der Waals surface area contributed by atoms with Crippen LogP contribution in [0.3, 0.4) is 0 Å². The summed E-state index contributed by atoms with van der Waals surface area (Å²) in [7, 11) is 3.57. The van der Waals surface area contributed by atoms with Gasteiger partial charge in [0.1, 0.15) is 11.5 Å². The topological polar surface area (TPSA) is 74.2 Å². The Labute approximate surface area is 148 Å². The lowest BCUT2D eigenvalue weighted by atomic mass is 10.1. The Kier molecular flexibility index (Phi) is 5.23. The first-order valence-corrected chi connectivity index (χ1v) is 8.50. The summed E-state index contributed by atoms with van der Waals surface area (Å²) < 4.78 is 0. The molecule has 0 aromatic carbocycles. The third-order valence-electron chi connectivity index (χ3n) is 4.38. The van der Waals surface area contributed by atoms with E-state index in [1.165, 1.54) is 0 Å². The van der Waals surface area contributed by atoms with Gasteiger partial charge in [-0.25, -0.2) is 9.97 Å². The van der Waals surface area contributed by atoms with E-state index < -0.39 is 0 Å². The molecule has 2 aromatic heterocycles. The van der Waals surface area contributed by atoms with Gasteiger partial charge < -0.3 is 10.2 Å². The van der Waals surface area contributed by atoms with Crippen molar-refractivity contribution in [2.24, 2.45) is 0 Å². The van der Waals surface area contributed by atoms with E-state index in [1.807, 2.05) is 25.1 Å². The standard InChI is InChI=1S/C18H24N6O/c1-13-6-4-8-15(21-13)22-18-17(19-9-10-20-18)14-7-5-11-24(14)12-16(25)23(2)3/h4,6,8-10,14H,5,7,11-12H2,1-3H3,(H,20,21,22)/t14-/m0/s1. The zero-order valence-corrected chi connectivity index (χ0v) is 14.9. The monoisotopic (exact) mass is 340 g/mol. The van der Waals surface area contributed by atoms with Crippen LogP contribution >= 0.6 is 0 Å². The summed E-state index contributed by atoms with van der Waals surface area (Å²) >= 11 is 0. The molecule has 1 fully saturated rings. The van der Waals surface area contributed by atoms with Crippen LogP contribution in [0.4, 0.5) is 11.6 Å². The molecule has 0 unspecified atom stereocenters. The molecule has 7 heteroatoms. The Morgan fingerprint density at radius 3 is 2.88 bits per heavy atom. The number of carbonyl (C=O) groups excluding carboxylic acids is 1. The zero-order chi connectivity index (χ0) is 17.8. The van der Waals surface area contributed by atoms with Gasteiger partial charge in [0.25, 0.3) is 0 Å². The molecule has 25 heavy (non-hydrogen) atoms. The van der Waals surface area contributed by atoms with Crippen LogP contribution in [0.2, 0.25) is 0 Å². The van der Waals surface area contributed by atoms with Crippen molar-refractivity contribution in [1.82, 2.24) is 24.8 Å². The van der Waals surface area contributed by atoms with Gasteiger partial charge in [0.2, 0.25) is 5.91 Å². The van der Waals surface area contributed by atoms with Crippen LogP contribution in [0.25, 0.3) is 0 Å². The molecule has 132 valence electrons. The van der Waals surface area contributed by atoms with Crippen molar-refractivity contribution in [1.29, 1.82) is 0 Å². The van der Waals surface area contributed by atoms with Crippen molar-refractivity contribution in [2.45, 2.75) is 25.8 Å². The van der Waals surface area contributed by atoms with E-state index in [-0.39, 0.29) is 11.9 Å². The first kappa shape index (κ1) is 17.3. The molecule has 3 rings (SSSR count). The molecule has 1 N–H and O–H groups in total. The molecule has 1 amide bonds. The van der Waals surface area contributed by atoms with E-state index in [1.54, 1.807) is 31.4 Å². The predicted molar refractivity (Wildman–Crippen MR) is 96.5 cm³/mol. The highest BCUT2D eigenvalue weighted by Gasteiger charge is 2.31. The number of hydrogen-bond acceptors (Lipinski definition) is 6. The molecule has 1 aliphatic heterocycles. The predicted octanol–water partition coefficient (Wildman–Crippen LogP) is 2.15. The second kappa shape index (κ2) is 7.57. The van der Waals surface area contributed by atoms with Crippen molar-refractivity contribution < 1.29 is 4.79 Å². The number of amides is 1. The molecule has 7 nitrogen and oxygen atoms in total. The number of likely N-dealkylation sites (tertiary alicyclic amines) is 1. The number of carbonyl (C=O) groups is 1. The van der Waals surface area contributed by atoms with Crippen LogP contribution in [0.1, 0.15) is 30.3 Å². The summed E-state index contributed by atoms with van der Waals surface area (Å²) in [6.45, 7) is 3.24. The third-order valence-corrected chi connectivity index (χ3v) is 4.38. The van der Waals surface area contributed by atoms with E-state index in [9.17, 15) is 4.79 Å². The number of hydrogen-bond donors (Lipinski definition) is 1. The summed E-state index contributed by atoms with van der Waals surface area (Å²) in [5.41, 5.74) is 1.81. The van der Waals surface area contributed by atoms with Crippen LogP contribution in [-0.2, 0) is 4.79 Å². The van der Waals surface area contributed by atoms with Gasteiger partial charge in [0, 0.05) is 32.2 Å². The van der Waals surface area contributed by atoms with Crippen molar-refractivity contribution in [3.63, 3.8) is 0 Å². The van der Waals surface area contributed by atoms with Gasteiger partial charge in [-0.2, -0.15) is 0 Å². The average Bonchev–Trinajstić information content (AvgIpc) is 3.03. The fourth-order valence-electron chi connectivity index (χ4n) is 3.06. The number of pyridine rings is 1. The van der Waals surface area contributed by atoms with Crippen LogP contribution in [0.15, 0.2) is 30.6 Å². The minimum Gasteiger partial charge on any atom is -0.348 e. The Bertz CT molecular complexity index is 748. The highest BCUT2D eigenvalue weighted by molar-refractivity contribution is 5.77. The Hall–Kier alpha value is -2.54. The maximum atomic E-state index is 12.1. The molecular formula is C18H24N6O. The molecule has 1 aliphatic rings. The number of likely N-dealkylation sites (N-methyl/N-ethyl adjacent to an activating group) is 1. The zero-order valence-electron chi connectivity index (χ0n) is 14.9. The Morgan fingerprint density at radius 2 is 2.12 bits per heavy atom. The molecule has 0 aliphatic carbocycles. The number of rotatable bonds is 5. The quantitative estimate of drug-likeness (QED) is 0.899. The van der Waals surface area contributed by atoms with E-state index in [0.717, 1.165) is 36.6 Å². The lowest BCUT2D eigenvalue weighted by Crippen LogP contribution is -2.36. The fourth-order valence-corrected chi connectivity index (χ4v) is 3.06. The first-order chi connectivity index (χ1) is 12.0. The van der Waals surface area contributed by atoms with Crippen molar-refractivity contribution in [3.8, 4) is 0 Å². The van der Waals surface area contributed by atoms with Gasteiger partial charge in [-0.15, -0.1) is 0 Å². The Morgan fingerprint density at radius 1 is 1.32 bits per heavy atom. The lowest BCUT2D eigenvalue weighted by Gasteiger charge is -2.25. The van der Waals surface area contributed by atoms with Crippen molar-refractivity contribution >= 4 is 17.5 Å². The van der Waals surface area contributed by atoms with E-state index in [4.69, 9.17) is 0 Å². The molecule has 0 saturated carbocycles. The second-order valence-electron chi connectivity index (χ2n) is 6.50. The fraction of sp³-hybridized carbons (Fsp3) is 0.444. The number of nitrogens with one attached hydrogen (secondary N) is 1. The number of nitrogens with zero attached hydrogens (tertiary/aromatic N) is 5. The lowest BCUT2D eigenvalue weighted by molar-refractivity contribution is -0.130. The smallest absolute Gasteiger partial charge is 0.236 e. The Balaban J connectivity index is 1.83. The molecule has 1 saturated heterocycles. The van der Waals surface area contributed by atoms with Gasteiger partial charge in [-0.05, 0) is 38.4 Å². The summed E-state index contributed by atoms with van der Waals surface area (Å²) in [5, 5.41) is 3.28. The maximum Gasteiger partial charge on any atom is 0.236 e. The van der Waals surface area contributed by atoms with Crippen molar-refractivity contribution in [3.05, 3.63) is 42.0 Å². The van der Waals surface area contributed by atoms with Crippen molar-refractivity contribution in [2.75, 3.05) is 32.5 Å². The number of aromatic nitrogens is 3. The number of anilines is 2. The van der Waals surface area contributed by atoms with Crippen LogP contribution in [0, 0.1) is 6.92 Å². The SMILES string of the molecule is Cc1cccc(Nc2nccnc2[C@@H]2CCCN2CC(=O)N(C)C)n1. The summed E-state index contributed by atoms with van der Waals surface area (Å²) in [6.07, 6.45) is 5.39. The van der Waals surface area contributed by atoms with Gasteiger partial charge in [0.15, 0.2) is 5.82 Å². The molecule has 3 heterocycles. The average molecular weight is 340 g/mol. The van der Waals surface area contributed by atoms with Gasteiger partial charge in [0.05, 0.1) is 12.6 Å². The van der Waals surface area contributed by atoms with E-state index in [2.05, 4.69) is 25.2 Å². The third kappa shape index (κ3) is 4.11. The first-order valence-electron chi connectivity index (χ1n) is 8.50. The molecule has 0 radical (unpaired) electrons. The highest BCUT2D eigenvalue weighted by atomic mass is 16.2. The molecule has 1 atom stereocenters. The molecule has 2 aromatic rings. The summed E-state index contributed by atoms with van der Waals surface area (Å²) in [4.78, 5) is 29.4. The molecular weight excluding hydrogens is 316 g/mol. The second-order valence-corrected chi connectivity index (χ2v) is 6.50. The van der Waals surface area contributed by atoms with Gasteiger partial charge in [-0.1, -0.05) is 6.07 Å². The van der Waals surface area contributed by atoms with E-state index in [0.29, 0.717) is 12.4 Å².